The third-order valence-corrected chi connectivity index (χ3v) is 5.67. The fourth-order valence-corrected chi connectivity index (χ4v) is 4.01. The number of thiophene rings is 1. The van der Waals surface area contributed by atoms with Crippen LogP contribution in [0.15, 0.2) is 47.8 Å². The lowest BCUT2D eigenvalue weighted by Crippen LogP contribution is -2.06. The van der Waals surface area contributed by atoms with Gasteiger partial charge < -0.3 is 0 Å². The van der Waals surface area contributed by atoms with E-state index < -0.39 is 0 Å². The lowest BCUT2D eigenvalue weighted by atomic mass is 10.4. The first-order valence-corrected chi connectivity index (χ1v) is 6.87. The molecule has 0 fully saturated rings. The van der Waals surface area contributed by atoms with Gasteiger partial charge in [0.05, 0.1) is 0 Å². The molecule has 0 amide bonds. The second kappa shape index (κ2) is 4.04. The Morgan fingerprint density at radius 3 is 2.38 bits per heavy atom. The van der Waals surface area contributed by atoms with Crippen LogP contribution in [0.5, 0.6) is 0 Å². The molecule has 2 rings (SSSR count). The molecule has 0 spiro atoms. The van der Waals surface area contributed by atoms with Crippen LogP contribution in [0.2, 0.25) is 0 Å². The summed E-state index contributed by atoms with van der Waals surface area (Å²) in [6.07, 6.45) is 0. The molecule has 66 valence electrons. The Kier molecular flexibility index (Phi) is 2.77. The zero-order valence-corrected chi connectivity index (χ0v) is 9.19. The second-order valence-electron chi connectivity index (χ2n) is 2.85. The van der Waals surface area contributed by atoms with Crippen molar-refractivity contribution in [2.75, 3.05) is 6.66 Å². The molecule has 0 bridgehead atoms. The Bertz CT molecular complexity index is 353. The summed E-state index contributed by atoms with van der Waals surface area (Å²) in [5.41, 5.74) is 0. The highest BCUT2D eigenvalue weighted by Crippen LogP contribution is 2.30. The van der Waals surface area contributed by atoms with E-state index in [1.54, 1.807) is 0 Å². The molecule has 1 atom stereocenters. The topological polar surface area (TPSA) is 0 Å². The lowest BCUT2D eigenvalue weighted by Gasteiger charge is -2.09. The molecule has 0 saturated heterocycles. The first kappa shape index (κ1) is 8.93. The van der Waals surface area contributed by atoms with Crippen LogP contribution in [0.1, 0.15) is 0 Å². The highest BCUT2D eigenvalue weighted by Gasteiger charge is 2.06. The van der Waals surface area contributed by atoms with Crippen LogP contribution in [-0.2, 0) is 0 Å². The van der Waals surface area contributed by atoms with E-state index in [4.69, 9.17) is 0 Å². The maximum Gasteiger partial charge on any atom is 0.0320 e. The summed E-state index contributed by atoms with van der Waals surface area (Å²) < 4.78 is 1.50. The van der Waals surface area contributed by atoms with Crippen molar-refractivity contribution in [1.29, 1.82) is 0 Å². The van der Waals surface area contributed by atoms with Crippen LogP contribution in [0, 0.1) is 0 Å². The highest BCUT2D eigenvalue weighted by molar-refractivity contribution is 7.77. The van der Waals surface area contributed by atoms with Crippen molar-refractivity contribution in [2.24, 2.45) is 0 Å². The van der Waals surface area contributed by atoms with E-state index in [1.807, 2.05) is 11.3 Å². The van der Waals surface area contributed by atoms with E-state index >= 15 is 0 Å². The highest BCUT2D eigenvalue weighted by atomic mass is 32.1. The normalized spacial score (nSPS) is 12.7. The predicted octanol–water partition coefficient (Wildman–Crippen LogP) is 2.81. The monoisotopic (exact) mass is 206 g/mol. The fraction of sp³-hybridized carbons (Fsp3) is 0.0909. The molecule has 0 saturated carbocycles. The van der Waals surface area contributed by atoms with Crippen molar-refractivity contribution in [3.8, 4) is 0 Å². The van der Waals surface area contributed by atoms with Crippen molar-refractivity contribution in [1.82, 2.24) is 0 Å². The van der Waals surface area contributed by atoms with Crippen molar-refractivity contribution in [2.45, 2.75) is 0 Å². The molecule has 2 heteroatoms. The van der Waals surface area contributed by atoms with Gasteiger partial charge in [0.2, 0.25) is 0 Å². The smallest absolute Gasteiger partial charge is 0.0320 e. The number of benzene rings is 1. The van der Waals surface area contributed by atoms with Crippen LogP contribution >= 0.6 is 19.3 Å². The van der Waals surface area contributed by atoms with E-state index in [0.717, 1.165) is 0 Å². The molecule has 0 N–H and O–H groups in total. The minimum atomic E-state index is -0.115. The van der Waals surface area contributed by atoms with Gasteiger partial charge in [-0.15, -0.1) is 11.3 Å². The Morgan fingerprint density at radius 2 is 1.77 bits per heavy atom. The average molecular weight is 206 g/mol. The molecule has 1 aromatic heterocycles. The fourth-order valence-electron chi connectivity index (χ4n) is 1.24. The van der Waals surface area contributed by atoms with Gasteiger partial charge in [0.25, 0.3) is 0 Å². The molecule has 0 nitrogen and oxygen atoms in total. The van der Waals surface area contributed by atoms with Crippen molar-refractivity contribution in [3.05, 3.63) is 47.8 Å². The van der Waals surface area contributed by atoms with E-state index in [0.29, 0.717) is 0 Å². The Morgan fingerprint density at radius 1 is 1.00 bits per heavy atom. The van der Waals surface area contributed by atoms with Crippen molar-refractivity contribution >= 4 is 29.2 Å². The summed E-state index contributed by atoms with van der Waals surface area (Å²) in [6.45, 7) is 2.32. The number of rotatable bonds is 2. The molecule has 1 unspecified atom stereocenters. The van der Waals surface area contributed by atoms with E-state index in [9.17, 15) is 0 Å². The molecule has 0 aliphatic carbocycles. The Hall–Kier alpha value is -0.650. The Labute approximate surface area is 84.0 Å². The maximum absolute atomic E-state index is 2.32. The van der Waals surface area contributed by atoms with Crippen LogP contribution in [-0.4, -0.2) is 6.66 Å². The first-order valence-electron chi connectivity index (χ1n) is 4.20. The van der Waals surface area contributed by atoms with Gasteiger partial charge in [-0.2, -0.15) is 0 Å². The number of hydrogen-bond acceptors (Lipinski definition) is 1. The summed E-state index contributed by atoms with van der Waals surface area (Å²) in [7, 11) is -0.115. The number of hydrogen-bond donors (Lipinski definition) is 0. The standard InChI is InChI=1S/C11H11PS/c1-12(11-8-5-9-13-11)10-6-3-2-4-7-10/h2-9H,1H3. The molecular formula is C11H11PS. The van der Waals surface area contributed by atoms with Crippen LogP contribution < -0.4 is 9.92 Å². The van der Waals surface area contributed by atoms with Gasteiger partial charge in [0.1, 0.15) is 0 Å². The third kappa shape index (κ3) is 1.99. The largest absolute Gasteiger partial charge is 0.144 e. The summed E-state index contributed by atoms with van der Waals surface area (Å²) in [5.74, 6) is 0. The van der Waals surface area contributed by atoms with Gasteiger partial charge in [-0.3, -0.25) is 0 Å². The minimum absolute atomic E-state index is 0.115. The molecule has 1 aromatic carbocycles. The molecule has 0 radical (unpaired) electrons. The molecule has 13 heavy (non-hydrogen) atoms. The maximum atomic E-state index is 2.32. The van der Waals surface area contributed by atoms with Gasteiger partial charge in [-0.25, -0.2) is 0 Å². The first-order chi connectivity index (χ1) is 6.38. The summed E-state index contributed by atoms with van der Waals surface area (Å²) in [5, 5.41) is 3.61. The van der Waals surface area contributed by atoms with E-state index in [1.165, 1.54) is 9.92 Å². The molecule has 0 aliphatic heterocycles. The van der Waals surface area contributed by atoms with E-state index in [2.05, 4.69) is 54.5 Å². The van der Waals surface area contributed by atoms with Crippen LogP contribution in [0.3, 0.4) is 0 Å². The van der Waals surface area contributed by atoms with Gasteiger partial charge in [0, 0.05) is 4.62 Å². The predicted molar refractivity (Wildman–Crippen MR) is 62.9 cm³/mol. The van der Waals surface area contributed by atoms with Gasteiger partial charge >= 0.3 is 0 Å². The summed E-state index contributed by atoms with van der Waals surface area (Å²) >= 11 is 1.85. The van der Waals surface area contributed by atoms with Crippen LogP contribution in [0.25, 0.3) is 0 Å². The minimum Gasteiger partial charge on any atom is -0.144 e. The molecule has 1 heterocycles. The van der Waals surface area contributed by atoms with E-state index in [-0.39, 0.29) is 7.92 Å². The molecular weight excluding hydrogens is 195 g/mol. The zero-order valence-electron chi connectivity index (χ0n) is 7.47. The molecule has 2 aromatic rings. The third-order valence-electron chi connectivity index (χ3n) is 1.98. The van der Waals surface area contributed by atoms with Crippen LogP contribution in [0.4, 0.5) is 0 Å². The SMILES string of the molecule is CP(c1ccccc1)c1cccs1. The zero-order chi connectivity index (χ0) is 9.10. The van der Waals surface area contributed by atoms with Gasteiger partial charge in [-0.05, 0) is 31.3 Å². The quantitative estimate of drug-likeness (QED) is 0.663. The average Bonchev–Trinajstić information content (AvgIpc) is 2.71. The van der Waals surface area contributed by atoms with Crippen molar-refractivity contribution < 1.29 is 0 Å². The van der Waals surface area contributed by atoms with Gasteiger partial charge in [-0.1, -0.05) is 36.4 Å². The molecule has 0 aliphatic rings. The summed E-state index contributed by atoms with van der Waals surface area (Å²) in [6, 6.07) is 15.1. The van der Waals surface area contributed by atoms with Crippen molar-refractivity contribution in [3.63, 3.8) is 0 Å². The second-order valence-corrected chi connectivity index (χ2v) is 6.21. The van der Waals surface area contributed by atoms with Gasteiger partial charge in [0.15, 0.2) is 0 Å². The lowest BCUT2D eigenvalue weighted by molar-refractivity contribution is 1.77. The summed E-state index contributed by atoms with van der Waals surface area (Å²) in [4.78, 5) is 0. The Balaban J connectivity index is 2.29.